The normalized spacial score (nSPS) is 10.5. The van der Waals surface area contributed by atoms with E-state index in [2.05, 4.69) is 10.3 Å². The van der Waals surface area contributed by atoms with Crippen LogP contribution in [0.25, 0.3) is 5.65 Å². The molecule has 3 rings (SSSR count). The summed E-state index contributed by atoms with van der Waals surface area (Å²) in [6.45, 7) is 1.96. The molecule has 0 unspecified atom stereocenters. The Bertz CT molecular complexity index is 763. The van der Waals surface area contributed by atoms with Crippen LogP contribution in [0.5, 0.6) is 5.75 Å². The van der Waals surface area contributed by atoms with Crippen molar-refractivity contribution in [2.45, 2.75) is 6.92 Å². The van der Waals surface area contributed by atoms with E-state index < -0.39 is 0 Å². The molecule has 0 aliphatic carbocycles. The van der Waals surface area contributed by atoms with Crippen molar-refractivity contribution in [3.63, 3.8) is 0 Å². The van der Waals surface area contributed by atoms with Crippen LogP contribution in [0.15, 0.2) is 55.0 Å². The second kappa shape index (κ2) is 5.66. The van der Waals surface area contributed by atoms with Gasteiger partial charge in [0.15, 0.2) is 12.3 Å². The lowest BCUT2D eigenvalue weighted by Gasteiger charge is -2.08. The number of nitrogens with one attached hydrogen (secondary N) is 1. The summed E-state index contributed by atoms with van der Waals surface area (Å²) in [6, 6.07) is 11.2. The maximum atomic E-state index is 11.9. The van der Waals surface area contributed by atoms with Gasteiger partial charge in [-0.3, -0.25) is 4.79 Å². The summed E-state index contributed by atoms with van der Waals surface area (Å²) >= 11 is 0. The number of hydrogen-bond acceptors (Lipinski definition) is 3. The number of aryl methyl sites for hydroxylation is 1. The number of nitrogens with zero attached hydrogens (tertiary/aromatic N) is 2. The lowest BCUT2D eigenvalue weighted by Crippen LogP contribution is -2.20. The summed E-state index contributed by atoms with van der Waals surface area (Å²) in [4.78, 5) is 16.2. The van der Waals surface area contributed by atoms with Gasteiger partial charge in [0, 0.05) is 18.6 Å². The highest BCUT2D eigenvalue weighted by Gasteiger charge is 2.07. The molecule has 0 saturated carbocycles. The highest BCUT2D eigenvalue weighted by atomic mass is 16.5. The minimum atomic E-state index is -0.216. The van der Waals surface area contributed by atoms with Crippen molar-refractivity contribution < 1.29 is 9.53 Å². The fourth-order valence-electron chi connectivity index (χ4n) is 2.02. The third-order valence-electron chi connectivity index (χ3n) is 3.08. The van der Waals surface area contributed by atoms with Crippen molar-refractivity contribution >= 4 is 17.2 Å². The van der Waals surface area contributed by atoms with E-state index in [0.717, 1.165) is 5.56 Å². The SMILES string of the molecule is Cc1ccc(OCC(=O)Nc2cccn3ccnc23)cc1. The van der Waals surface area contributed by atoms with Gasteiger partial charge in [0.05, 0.1) is 5.69 Å². The van der Waals surface area contributed by atoms with E-state index in [1.54, 1.807) is 6.20 Å². The number of imidazole rings is 1. The largest absolute Gasteiger partial charge is 0.484 e. The Morgan fingerprint density at radius 1 is 1.24 bits per heavy atom. The van der Waals surface area contributed by atoms with Gasteiger partial charge in [0.1, 0.15) is 5.75 Å². The van der Waals surface area contributed by atoms with Gasteiger partial charge in [-0.25, -0.2) is 4.98 Å². The van der Waals surface area contributed by atoms with E-state index in [9.17, 15) is 4.79 Å². The van der Waals surface area contributed by atoms with Crippen LogP contribution in [0.2, 0.25) is 0 Å². The first-order valence-electron chi connectivity index (χ1n) is 6.63. The Morgan fingerprint density at radius 3 is 2.86 bits per heavy atom. The number of carbonyl (C=O) groups is 1. The monoisotopic (exact) mass is 281 g/mol. The van der Waals surface area contributed by atoms with Gasteiger partial charge in [-0.15, -0.1) is 0 Å². The third-order valence-corrected chi connectivity index (χ3v) is 3.08. The number of fused-ring (bicyclic) bond motifs is 1. The molecule has 5 heteroatoms. The minimum absolute atomic E-state index is 0.0369. The molecular formula is C16H15N3O2. The standard InChI is InChI=1S/C16H15N3O2/c1-12-4-6-13(7-5-12)21-11-15(20)18-14-3-2-9-19-10-8-17-16(14)19/h2-10H,11H2,1H3,(H,18,20). The summed E-state index contributed by atoms with van der Waals surface area (Å²) in [5, 5.41) is 2.81. The average molecular weight is 281 g/mol. The van der Waals surface area contributed by atoms with Crippen LogP contribution in [0.3, 0.4) is 0 Å². The Morgan fingerprint density at radius 2 is 2.05 bits per heavy atom. The van der Waals surface area contributed by atoms with Crippen molar-refractivity contribution in [3.8, 4) is 5.75 Å². The van der Waals surface area contributed by atoms with Crippen LogP contribution in [0.1, 0.15) is 5.56 Å². The van der Waals surface area contributed by atoms with Crippen LogP contribution in [0, 0.1) is 6.92 Å². The maximum Gasteiger partial charge on any atom is 0.262 e. The molecule has 1 aromatic carbocycles. The summed E-state index contributed by atoms with van der Waals surface area (Å²) in [5.41, 5.74) is 2.53. The van der Waals surface area contributed by atoms with Gasteiger partial charge in [0.25, 0.3) is 5.91 Å². The predicted octanol–water partition coefficient (Wildman–Crippen LogP) is 2.66. The summed E-state index contributed by atoms with van der Waals surface area (Å²) in [5.74, 6) is 0.460. The molecule has 0 bridgehead atoms. The average Bonchev–Trinajstić information content (AvgIpc) is 2.96. The van der Waals surface area contributed by atoms with E-state index in [1.807, 2.05) is 60.1 Å². The van der Waals surface area contributed by atoms with Crippen LogP contribution in [-0.2, 0) is 4.79 Å². The molecule has 0 spiro atoms. The number of carbonyl (C=O) groups excluding carboxylic acids is 1. The molecule has 21 heavy (non-hydrogen) atoms. The molecule has 5 nitrogen and oxygen atoms in total. The van der Waals surface area contributed by atoms with E-state index >= 15 is 0 Å². The minimum Gasteiger partial charge on any atom is -0.484 e. The van der Waals surface area contributed by atoms with E-state index in [-0.39, 0.29) is 12.5 Å². The van der Waals surface area contributed by atoms with E-state index in [1.165, 1.54) is 0 Å². The summed E-state index contributed by atoms with van der Waals surface area (Å²) < 4.78 is 7.29. The fraction of sp³-hybridized carbons (Fsp3) is 0.125. The molecule has 1 N–H and O–H groups in total. The molecule has 2 heterocycles. The van der Waals surface area contributed by atoms with E-state index in [0.29, 0.717) is 17.1 Å². The molecule has 0 aliphatic rings. The second-order valence-electron chi connectivity index (χ2n) is 4.73. The number of benzene rings is 1. The Kier molecular flexibility index (Phi) is 3.55. The number of amides is 1. The second-order valence-corrected chi connectivity index (χ2v) is 4.73. The Balaban J connectivity index is 1.64. The van der Waals surface area contributed by atoms with Gasteiger partial charge in [-0.2, -0.15) is 0 Å². The van der Waals surface area contributed by atoms with Crippen LogP contribution in [0.4, 0.5) is 5.69 Å². The lowest BCUT2D eigenvalue weighted by molar-refractivity contribution is -0.118. The number of ether oxygens (including phenoxy) is 1. The number of pyridine rings is 1. The van der Waals surface area contributed by atoms with Crippen molar-refractivity contribution in [1.29, 1.82) is 0 Å². The summed E-state index contributed by atoms with van der Waals surface area (Å²) in [7, 11) is 0. The molecule has 0 fully saturated rings. The third kappa shape index (κ3) is 3.02. The van der Waals surface area contributed by atoms with E-state index in [4.69, 9.17) is 4.74 Å². The maximum absolute atomic E-state index is 11.9. The van der Waals surface area contributed by atoms with Gasteiger partial charge < -0.3 is 14.5 Å². The van der Waals surface area contributed by atoms with Crippen molar-refractivity contribution in [2.24, 2.45) is 0 Å². The number of rotatable bonds is 4. The smallest absolute Gasteiger partial charge is 0.262 e. The predicted molar refractivity (Wildman–Crippen MR) is 80.5 cm³/mol. The molecule has 0 radical (unpaired) electrons. The molecular weight excluding hydrogens is 266 g/mol. The van der Waals surface area contributed by atoms with Crippen molar-refractivity contribution in [2.75, 3.05) is 11.9 Å². The molecule has 0 aliphatic heterocycles. The van der Waals surface area contributed by atoms with Crippen molar-refractivity contribution in [1.82, 2.24) is 9.38 Å². The molecule has 0 saturated heterocycles. The molecule has 3 aromatic rings. The number of anilines is 1. The molecule has 0 atom stereocenters. The topological polar surface area (TPSA) is 55.6 Å². The van der Waals surface area contributed by atoms with Crippen molar-refractivity contribution in [3.05, 3.63) is 60.6 Å². The zero-order valence-corrected chi connectivity index (χ0v) is 11.6. The zero-order valence-electron chi connectivity index (χ0n) is 11.6. The van der Waals surface area contributed by atoms with Gasteiger partial charge in [-0.1, -0.05) is 17.7 Å². The van der Waals surface area contributed by atoms with Gasteiger partial charge in [-0.05, 0) is 31.2 Å². The highest BCUT2D eigenvalue weighted by molar-refractivity contribution is 5.95. The highest BCUT2D eigenvalue weighted by Crippen LogP contribution is 2.15. The molecule has 106 valence electrons. The number of aromatic nitrogens is 2. The van der Waals surface area contributed by atoms with Crippen LogP contribution < -0.4 is 10.1 Å². The first-order valence-corrected chi connectivity index (χ1v) is 6.63. The number of hydrogen-bond donors (Lipinski definition) is 1. The summed E-state index contributed by atoms with van der Waals surface area (Å²) in [6.07, 6.45) is 5.39. The Labute approximate surface area is 122 Å². The Hall–Kier alpha value is -2.82. The zero-order chi connectivity index (χ0) is 14.7. The molecule has 2 aromatic heterocycles. The molecule has 1 amide bonds. The fourth-order valence-corrected chi connectivity index (χ4v) is 2.02. The first kappa shape index (κ1) is 13.2. The lowest BCUT2D eigenvalue weighted by atomic mass is 10.2. The van der Waals surface area contributed by atoms with Gasteiger partial charge in [0.2, 0.25) is 0 Å². The van der Waals surface area contributed by atoms with Gasteiger partial charge >= 0.3 is 0 Å². The van der Waals surface area contributed by atoms with Crippen LogP contribution >= 0.6 is 0 Å². The first-order chi connectivity index (χ1) is 10.2. The quantitative estimate of drug-likeness (QED) is 0.800. The van der Waals surface area contributed by atoms with Crippen LogP contribution in [-0.4, -0.2) is 21.9 Å².